The Labute approximate surface area is 115 Å². The van der Waals surface area contributed by atoms with E-state index < -0.39 is 5.60 Å². The van der Waals surface area contributed by atoms with Crippen LogP contribution in [-0.2, 0) is 9.53 Å². The minimum absolute atomic E-state index is 0.129. The first kappa shape index (κ1) is 14.4. The standard InChI is InChI=1S/C15H25NO3/c1-10(2)12(17)11-6-15(7-11)8-16(9-15)13(18)19-14(3,4)5/h10-11H,6-9H2,1-5H3. The second-order valence-corrected chi connectivity index (χ2v) is 7.50. The summed E-state index contributed by atoms with van der Waals surface area (Å²) in [4.78, 5) is 25.4. The Balaban J connectivity index is 1.76. The highest BCUT2D eigenvalue weighted by atomic mass is 16.6. The molecule has 0 atom stereocenters. The van der Waals surface area contributed by atoms with Gasteiger partial charge in [0.15, 0.2) is 0 Å². The molecule has 1 amide bonds. The number of likely N-dealkylation sites (tertiary alicyclic amines) is 1. The van der Waals surface area contributed by atoms with Crippen molar-refractivity contribution in [2.24, 2.45) is 17.3 Å². The van der Waals surface area contributed by atoms with E-state index in [1.807, 2.05) is 34.6 Å². The van der Waals surface area contributed by atoms with Crippen LogP contribution in [0.2, 0.25) is 0 Å². The van der Waals surface area contributed by atoms with Gasteiger partial charge in [-0.25, -0.2) is 4.79 Å². The molecule has 1 aliphatic carbocycles. The van der Waals surface area contributed by atoms with Crippen LogP contribution >= 0.6 is 0 Å². The molecule has 19 heavy (non-hydrogen) atoms. The summed E-state index contributed by atoms with van der Waals surface area (Å²) in [6, 6.07) is 0. The first-order valence-corrected chi connectivity index (χ1v) is 7.14. The molecule has 2 fully saturated rings. The summed E-state index contributed by atoms with van der Waals surface area (Å²) >= 11 is 0. The summed E-state index contributed by atoms with van der Waals surface area (Å²) in [5, 5.41) is 0. The number of amides is 1. The fraction of sp³-hybridized carbons (Fsp3) is 0.867. The van der Waals surface area contributed by atoms with E-state index >= 15 is 0 Å². The van der Waals surface area contributed by atoms with Gasteiger partial charge in [0.25, 0.3) is 0 Å². The third-order valence-electron chi connectivity index (χ3n) is 4.03. The van der Waals surface area contributed by atoms with Crippen LogP contribution in [0.15, 0.2) is 0 Å². The maximum absolute atomic E-state index is 11.9. The first-order chi connectivity index (χ1) is 8.62. The summed E-state index contributed by atoms with van der Waals surface area (Å²) in [5.74, 6) is 0.728. The van der Waals surface area contributed by atoms with E-state index in [2.05, 4.69) is 0 Å². The first-order valence-electron chi connectivity index (χ1n) is 7.14. The topological polar surface area (TPSA) is 46.6 Å². The highest BCUT2D eigenvalue weighted by Gasteiger charge is 2.56. The zero-order valence-corrected chi connectivity index (χ0v) is 12.7. The number of nitrogens with zero attached hydrogens (tertiary/aromatic N) is 1. The fourth-order valence-electron chi connectivity index (χ4n) is 3.14. The number of Topliss-reactive ketones (excluding diaryl/α,β-unsaturated/α-hetero) is 1. The molecule has 1 aliphatic heterocycles. The second-order valence-electron chi connectivity index (χ2n) is 7.50. The van der Waals surface area contributed by atoms with Gasteiger partial charge in [0, 0.05) is 30.3 Å². The Morgan fingerprint density at radius 3 is 2.16 bits per heavy atom. The van der Waals surface area contributed by atoms with E-state index in [0.717, 1.165) is 25.9 Å². The molecule has 1 heterocycles. The van der Waals surface area contributed by atoms with Gasteiger partial charge in [-0.05, 0) is 33.6 Å². The van der Waals surface area contributed by atoms with Gasteiger partial charge in [-0.2, -0.15) is 0 Å². The van der Waals surface area contributed by atoms with E-state index in [4.69, 9.17) is 4.74 Å². The Kier molecular flexibility index (Phi) is 3.40. The normalized spacial score (nSPS) is 22.1. The largest absolute Gasteiger partial charge is 0.444 e. The summed E-state index contributed by atoms with van der Waals surface area (Å²) in [6.07, 6.45) is 1.67. The van der Waals surface area contributed by atoms with Crippen LogP contribution < -0.4 is 0 Å². The van der Waals surface area contributed by atoms with Crippen molar-refractivity contribution in [3.05, 3.63) is 0 Å². The van der Waals surface area contributed by atoms with Crippen LogP contribution in [0, 0.1) is 17.3 Å². The van der Waals surface area contributed by atoms with Gasteiger partial charge >= 0.3 is 6.09 Å². The minimum Gasteiger partial charge on any atom is -0.444 e. The van der Waals surface area contributed by atoms with Gasteiger partial charge < -0.3 is 9.64 Å². The number of ether oxygens (including phenoxy) is 1. The quantitative estimate of drug-likeness (QED) is 0.773. The van der Waals surface area contributed by atoms with Crippen LogP contribution in [0.3, 0.4) is 0 Å². The highest BCUT2D eigenvalue weighted by Crippen LogP contribution is 2.52. The number of hydrogen-bond acceptors (Lipinski definition) is 3. The molecule has 1 saturated heterocycles. The van der Waals surface area contributed by atoms with E-state index in [0.29, 0.717) is 5.78 Å². The molecule has 0 N–H and O–H groups in total. The van der Waals surface area contributed by atoms with Crippen molar-refractivity contribution in [2.45, 2.75) is 53.1 Å². The van der Waals surface area contributed by atoms with Crippen molar-refractivity contribution in [1.29, 1.82) is 0 Å². The lowest BCUT2D eigenvalue weighted by molar-refractivity contribution is -0.143. The third kappa shape index (κ3) is 2.93. The van der Waals surface area contributed by atoms with E-state index in [-0.39, 0.29) is 23.3 Å². The Hall–Kier alpha value is -1.06. The van der Waals surface area contributed by atoms with Crippen LogP contribution in [0.25, 0.3) is 0 Å². The average molecular weight is 267 g/mol. The molecule has 1 saturated carbocycles. The van der Waals surface area contributed by atoms with Gasteiger partial charge in [-0.1, -0.05) is 13.8 Å². The van der Waals surface area contributed by atoms with Gasteiger partial charge in [0.1, 0.15) is 11.4 Å². The number of rotatable bonds is 2. The van der Waals surface area contributed by atoms with Crippen LogP contribution in [0.1, 0.15) is 47.5 Å². The second kappa shape index (κ2) is 4.50. The molecule has 0 unspecified atom stereocenters. The third-order valence-corrected chi connectivity index (χ3v) is 4.03. The molecule has 0 aromatic rings. The van der Waals surface area contributed by atoms with Crippen molar-refractivity contribution < 1.29 is 14.3 Å². The molecule has 108 valence electrons. The zero-order valence-electron chi connectivity index (χ0n) is 12.7. The summed E-state index contributed by atoms with van der Waals surface area (Å²) < 4.78 is 5.34. The predicted octanol–water partition coefficient (Wildman–Crippen LogP) is 2.86. The smallest absolute Gasteiger partial charge is 0.410 e. The lowest BCUT2D eigenvalue weighted by atomic mass is 9.56. The van der Waals surface area contributed by atoms with Crippen molar-refractivity contribution in [3.8, 4) is 0 Å². The summed E-state index contributed by atoms with van der Waals surface area (Å²) in [7, 11) is 0. The van der Waals surface area contributed by atoms with Crippen molar-refractivity contribution >= 4 is 11.9 Å². The van der Waals surface area contributed by atoms with Crippen LogP contribution in [0.5, 0.6) is 0 Å². The SMILES string of the molecule is CC(C)C(=O)C1CC2(C1)CN(C(=O)OC(C)(C)C)C2. The van der Waals surface area contributed by atoms with E-state index in [1.165, 1.54) is 0 Å². The number of carbonyl (C=O) groups is 2. The molecule has 0 aromatic carbocycles. The monoisotopic (exact) mass is 267 g/mol. The van der Waals surface area contributed by atoms with Gasteiger partial charge in [0.2, 0.25) is 0 Å². The number of ketones is 1. The highest BCUT2D eigenvalue weighted by molar-refractivity contribution is 5.84. The molecule has 0 aromatic heterocycles. The number of hydrogen-bond donors (Lipinski definition) is 0. The molecule has 1 spiro atoms. The summed E-state index contributed by atoms with van der Waals surface area (Å²) in [5.41, 5.74) is -0.221. The average Bonchev–Trinajstić information content (AvgIpc) is 2.09. The molecular formula is C15H25NO3. The van der Waals surface area contributed by atoms with Crippen LogP contribution in [0.4, 0.5) is 4.79 Å². The van der Waals surface area contributed by atoms with Crippen LogP contribution in [-0.4, -0.2) is 35.5 Å². The molecule has 4 heteroatoms. The van der Waals surface area contributed by atoms with E-state index in [1.54, 1.807) is 4.90 Å². The predicted molar refractivity (Wildman–Crippen MR) is 72.8 cm³/mol. The van der Waals surface area contributed by atoms with Crippen molar-refractivity contribution in [1.82, 2.24) is 4.90 Å². The summed E-state index contributed by atoms with van der Waals surface area (Å²) in [6.45, 7) is 11.1. The van der Waals surface area contributed by atoms with Gasteiger partial charge in [-0.3, -0.25) is 4.79 Å². The van der Waals surface area contributed by atoms with Gasteiger partial charge in [-0.15, -0.1) is 0 Å². The maximum atomic E-state index is 11.9. The Morgan fingerprint density at radius 2 is 1.74 bits per heavy atom. The van der Waals surface area contributed by atoms with E-state index in [9.17, 15) is 9.59 Å². The van der Waals surface area contributed by atoms with Crippen molar-refractivity contribution in [2.75, 3.05) is 13.1 Å². The van der Waals surface area contributed by atoms with Crippen molar-refractivity contribution in [3.63, 3.8) is 0 Å². The molecule has 2 aliphatic rings. The lowest BCUT2D eigenvalue weighted by Gasteiger charge is -2.58. The molecular weight excluding hydrogens is 242 g/mol. The molecule has 0 radical (unpaired) electrons. The Bertz CT molecular complexity index is 381. The Morgan fingerprint density at radius 1 is 1.21 bits per heavy atom. The van der Waals surface area contributed by atoms with Gasteiger partial charge in [0.05, 0.1) is 0 Å². The minimum atomic E-state index is -0.435. The fourth-order valence-corrected chi connectivity index (χ4v) is 3.14. The maximum Gasteiger partial charge on any atom is 0.410 e. The molecule has 4 nitrogen and oxygen atoms in total. The lowest BCUT2D eigenvalue weighted by Crippen LogP contribution is -2.65. The zero-order chi connectivity index (χ0) is 14.4. The molecule has 0 bridgehead atoms. The molecule has 2 rings (SSSR count). The number of carbonyl (C=O) groups excluding carboxylic acids is 2.